The second-order valence-corrected chi connectivity index (χ2v) is 3.03. The van der Waals surface area contributed by atoms with Gasteiger partial charge in [0.1, 0.15) is 0 Å². The number of nitrogen functional groups attached to an aromatic ring is 1. The van der Waals surface area contributed by atoms with Crippen molar-refractivity contribution in [2.45, 2.75) is 0 Å². The minimum atomic E-state index is 0.227. The Hall–Kier alpha value is -1.19. The molecule has 1 aliphatic rings. The van der Waals surface area contributed by atoms with Gasteiger partial charge in [-0.1, -0.05) is 17.7 Å². The third kappa shape index (κ3) is 1.24. The molecule has 0 spiro atoms. The topological polar surface area (TPSA) is 48.9 Å². The number of fused-ring (bicyclic) bond motifs is 1. The lowest BCUT2D eigenvalue weighted by Crippen LogP contribution is -2.87. The van der Waals surface area contributed by atoms with Crippen molar-refractivity contribution >= 4 is 23.4 Å². The number of nitrogens with one attached hydrogen (secondary N) is 1. The summed E-state index contributed by atoms with van der Waals surface area (Å²) in [6.07, 6.45) is 1.68. The number of nitrogens with two attached hydrogens (primary N) is 1. The molecule has 2 rings (SSSR count). The van der Waals surface area contributed by atoms with E-state index in [-0.39, 0.29) is 5.88 Å². The number of benzene rings is 1. The average molecular weight is 184 g/mol. The van der Waals surface area contributed by atoms with Crippen molar-refractivity contribution in [3.8, 4) is 0 Å². The second kappa shape index (κ2) is 2.69. The first kappa shape index (κ1) is 7.46. The summed E-state index contributed by atoms with van der Waals surface area (Å²) in [7, 11) is 0. The monoisotopic (exact) mass is 183 g/mol. The van der Waals surface area contributed by atoms with Crippen LogP contribution in [-0.2, 0) is 0 Å². The molecule has 1 heterocycles. The van der Waals surface area contributed by atoms with Crippen LogP contribution in [0.3, 0.4) is 0 Å². The molecule has 4 heteroatoms. The number of quaternary nitrogens is 1. The van der Waals surface area contributed by atoms with Gasteiger partial charge in [-0.05, 0) is 12.1 Å². The fourth-order valence-electron chi connectivity index (χ4n) is 1.13. The normalized spacial score (nSPS) is 14.6. The lowest BCUT2D eigenvalue weighted by Gasteiger charge is -2.11. The lowest BCUT2D eigenvalue weighted by molar-refractivity contribution is -0.600. The number of hydrogen-bond donors (Lipinski definition) is 3. The second-order valence-electron chi connectivity index (χ2n) is 2.59. The van der Waals surface area contributed by atoms with E-state index in [1.165, 1.54) is 5.43 Å². The summed E-state index contributed by atoms with van der Waals surface area (Å²) in [5.74, 6) is 0.227. The molecule has 0 bridgehead atoms. The van der Waals surface area contributed by atoms with Gasteiger partial charge in [-0.2, -0.15) is 5.43 Å². The van der Waals surface area contributed by atoms with Gasteiger partial charge < -0.3 is 5.11 Å². The summed E-state index contributed by atoms with van der Waals surface area (Å²) >= 11 is 5.78. The van der Waals surface area contributed by atoms with E-state index in [0.717, 1.165) is 11.3 Å². The van der Waals surface area contributed by atoms with Gasteiger partial charge >= 0.3 is 5.88 Å². The van der Waals surface area contributed by atoms with Crippen LogP contribution >= 0.6 is 11.6 Å². The molecule has 0 radical (unpaired) electrons. The van der Waals surface area contributed by atoms with Crippen LogP contribution in [0.4, 0.5) is 5.69 Å². The average Bonchev–Trinajstić information content (AvgIpc) is 2.05. The zero-order chi connectivity index (χ0) is 8.55. The molecule has 0 unspecified atom stereocenters. The zero-order valence-electron chi connectivity index (χ0n) is 6.21. The molecule has 0 fully saturated rings. The van der Waals surface area contributed by atoms with Crippen LogP contribution in [-0.4, -0.2) is 5.11 Å². The molecule has 0 saturated carbocycles. The van der Waals surface area contributed by atoms with E-state index in [1.807, 2.05) is 12.1 Å². The fourth-order valence-corrected chi connectivity index (χ4v) is 1.30. The molecule has 0 amide bonds. The van der Waals surface area contributed by atoms with Gasteiger partial charge in [0, 0.05) is 10.6 Å². The minimum Gasteiger partial charge on any atom is -0.466 e. The molecular formula is C8H8ClN2O+. The van der Waals surface area contributed by atoms with Gasteiger partial charge in [0.05, 0.1) is 11.8 Å². The van der Waals surface area contributed by atoms with Crippen molar-refractivity contribution in [2.24, 2.45) is 0 Å². The van der Waals surface area contributed by atoms with E-state index in [4.69, 9.17) is 16.7 Å². The van der Waals surface area contributed by atoms with Crippen molar-refractivity contribution in [3.63, 3.8) is 0 Å². The Kier molecular flexibility index (Phi) is 1.67. The lowest BCUT2D eigenvalue weighted by atomic mass is 10.1. The summed E-state index contributed by atoms with van der Waals surface area (Å²) in [5, 5.41) is 9.82. The van der Waals surface area contributed by atoms with Gasteiger partial charge in [0.2, 0.25) is 0 Å². The number of aliphatic hydroxyl groups excluding tert-OH is 1. The van der Waals surface area contributed by atoms with Crippen LogP contribution in [0.5, 0.6) is 0 Å². The molecule has 12 heavy (non-hydrogen) atoms. The maximum atomic E-state index is 9.14. The molecule has 1 aliphatic heterocycles. The van der Waals surface area contributed by atoms with E-state index >= 15 is 0 Å². The molecule has 0 aromatic heterocycles. The first-order chi connectivity index (χ1) is 5.75. The Morgan fingerprint density at radius 2 is 2.25 bits per heavy atom. The van der Waals surface area contributed by atoms with Crippen LogP contribution < -0.4 is 10.9 Å². The standard InChI is InChI=1S/C8H7ClN2O/c9-6-2-1-5-3-8(12)11-10-7(5)4-6/h1-4,10-12H/p+1. The SMILES string of the molecule is OC1=Cc2ccc(Cl)cc2N[NH2+]1. The molecule has 0 aliphatic carbocycles. The Morgan fingerprint density at radius 3 is 3.08 bits per heavy atom. The molecule has 1 aromatic rings. The predicted octanol–water partition coefficient (Wildman–Crippen LogP) is 1.10. The van der Waals surface area contributed by atoms with Crippen molar-refractivity contribution in [3.05, 3.63) is 34.7 Å². The van der Waals surface area contributed by atoms with Crippen LogP contribution in [0.15, 0.2) is 24.1 Å². The summed E-state index contributed by atoms with van der Waals surface area (Å²) in [6, 6.07) is 5.46. The van der Waals surface area contributed by atoms with E-state index < -0.39 is 0 Å². The number of anilines is 1. The highest BCUT2D eigenvalue weighted by molar-refractivity contribution is 6.30. The molecule has 0 saturated heterocycles. The van der Waals surface area contributed by atoms with E-state index in [0.29, 0.717) is 5.02 Å². The third-order valence-electron chi connectivity index (χ3n) is 1.69. The molecule has 3 nitrogen and oxygen atoms in total. The first-order valence-corrected chi connectivity index (χ1v) is 3.93. The Labute approximate surface area is 74.6 Å². The quantitative estimate of drug-likeness (QED) is 0.528. The number of rotatable bonds is 0. The largest absolute Gasteiger partial charge is 0.466 e. The van der Waals surface area contributed by atoms with Gasteiger partial charge in [-0.3, -0.25) is 0 Å². The molecule has 0 atom stereocenters. The van der Waals surface area contributed by atoms with Crippen molar-refractivity contribution in [1.82, 2.24) is 0 Å². The summed E-state index contributed by atoms with van der Waals surface area (Å²) in [6.45, 7) is 0. The maximum absolute atomic E-state index is 9.14. The van der Waals surface area contributed by atoms with Crippen molar-refractivity contribution < 1.29 is 10.5 Å². The predicted molar refractivity (Wildman–Crippen MR) is 47.6 cm³/mol. The smallest absolute Gasteiger partial charge is 0.311 e. The fraction of sp³-hybridized carbons (Fsp3) is 0. The van der Waals surface area contributed by atoms with E-state index in [1.54, 1.807) is 12.1 Å². The van der Waals surface area contributed by atoms with Crippen LogP contribution in [0.2, 0.25) is 5.02 Å². The van der Waals surface area contributed by atoms with Crippen molar-refractivity contribution in [1.29, 1.82) is 0 Å². The maximum Gasteiger partial charge on any atom is 0.311 e. The number of halogens is 1. The first-order valence-electron chi connectivity index (χ1n) is 3.56. The van der Waals surface area contributed by atoms with Gasteiger partial charge in [-0.25, -0.2) is 5.43 Å². The van der Waals surface area contributed by atoms with Gasteiger partial charge in [-0.15, -0.1) is 0 Å². The number of aliphatic hydroxyl groups is 1. The zero-order valence-corrected chi connectivity index (χ0v) is 6.97. The highest BCUT2D eigenvalue weighted by Crippen LogP contribution is 2.22. The van der Waals surface area contributed by atoms with Crippen LogP contribution in [0.1, 0.15) is 5.56 Å². The minimum absolute atomic E-state index is 0.227. The summed E-state index contributed by atoms with van der Waals surface area (Å²) in [4.78, 5) is 0. The highest BCUT2D eigenvalue weighted by Gasteiger charge is 2.11. The highest BCUT2D eigenvalue weighted by atomic mass is 35.5. The van der Waals surface area contributed by atoms with Crippen molar-refractivity contribution in [2.75, 3.05) is 5.43 Å². The molecule has 1 aromatic carbocycles. The van der Waals surface area contributed by atoms with Crippen LogP contribution in [0, 0.1) is 0 Å². The third-order valence-corrected chi connectivity index (χ3v) is 1.93. The Morgan fingerprint density at radius 1 is 1.42 bits per heavy atom. The summed E-state index contributed by atoms with van der Waals surface area (Å²) in [5.41, 5.74) is 6.31. The summed E-state index contributed by atoms with van der Waals surface area (Å²) < 4.78 is 0. The van der Waals surface area contributed by atoms with Gasteiger partial charge in [0.15, 0.2) is 0 Å². The Bertz CT molecular complexity index is 349. The molecule has 62 valence electrons. The van der Waals surface area contributed by atoms with Crippen LogP contribution in [0.25, 0.3) is 6.08 Å². The molecular weight excluding hydrogens is 176 g/mol. The van der Waals surface area contributed by atoms with E-state index in [2.05, 4.69) is 5.43 Å². The Balaban J connectivity index is 2.51. The molecule has 4 N–H and O–H groups in total. The van der Waals surface area contributed by atoms with E-state index in [9.17, 15) is 0 Å². The number of hydrogen-bond acceptors (Lipinski definition) is 2. The van der Waals surface area contributed by atoms with Gasteiger partial charge in [0.25, 0.3) is 0 Å².